The summed E-state index contributed by atoms with van der Waals surface area (Å²) < 4.78 is 28.2. The van der Waals surface area contributed by atoms with Crippen molar-refractivity contribution in [3.05, 3.63) is 0 Å². The number of nitrogens with zero attached hydrogens (tertiary/aromatic N) is 2. The Morgan fingerprint density at radius 1 is 1.32 bits per heavy atom. The molecule has 0 saturated carbocycles. The quantitative estimate of drug-likeness (QED) is 0.719. The average Bonchev–Trinajstić information content (AvgIpc) is 2.37. The zero-order chi connectivity index (χ0) is 14.5. The van der Waals surface area contributed by atoms with Crippen molar-refractivity contribution >= 4 is 10.2 Å². The summed E-state index contributed by atoms with van der Waals surface area (Å²) >= 11 is 0. The van der Waals surface area contributed by atoms with Gasteiger partial charge in [-0.2, -0.15) is 17.0 Å². The molecule has 1 heterocycles. The number of hydrogen-bond acceptors (Lipinski definition) is 3. The maximum absolute atomic E-state index is 12.5. The fourth-order valence-corrected chi connectivity index (χ4v) is 4.19. The topological polar surface area (TPSA) is 52.7 Å². The number of piperidine rings is 1. The predicted molar refractivity (Wildman–Crippen MR) is 79.3 cm³/mol. The molecule has 2 unspecified atom stereocenters. The molecule has 1 aliphatic heterocycles. The van der Waals surface area contributed by atoms with E-state index < -0.39 is 10.2 Å². The summed E-state index contributed by atoms with van der Waals surface area (Å²) in [6.07, 6.45) is 2.93. The van der Waals surface area contributed by atoms with Crippen LogP contribution in [0, 0.1) is 5.92 Å². The molecule has 0 aromatic rings. The molecule has 1 saturated heterocycles. The van der Waals surface area contributed by atoms with Gasteiger partial charge in [-0.3, -0.25) is 0 Å². The molecule has 0 aliphatic carbocycles. The molecule has 0 amide bonds. The third-order valence-corrected chi connectivity index (χ3v) is 5.90. The molecular weight excluding hydrogens is 262 g/mol. The van der Waals surface area contributed by atoms with E-state index >= 15 is 0 Å². The first-order chi connectivity index (χ1) is 8.89. The standard InChI is InChI=1S/C13H29N3O2S/c1-5-14-9-6-10-15(4)19(17,18)16-11-12(2)7-8-13(16)3/h12-14H,5-11H2,1-4H3. The van der Waals surface area contributed by atoms with Crippen LogP contribution in [-0.4, -0.2) is 56.3 Å². The lowest BCUT2D eigenvalue weighted by Gasteiger charge is -2.37. The van der Waals surface area contributed by atoms with Gasteiger partial charge in [0.1, 0.15) is 0 Å². The Hall–Kier alpha value is -0.170. The summed E-state index contributed by atoms with van der Waals surface area (Å²) in [6, 6.07) is 0.123. The first-order valence-corrected chi connectivity index (χ1v) is 8.73. The van der Waals surface area contributed by atoms with Crippen LogP contribution in [0.2, 0.25) is 0 Å². The van der Waals surface area contributed by atoms with E-state index in [1.54, 1.807) is 11.4 Å². The first-order valence-electron chi connectivity index (χ1n) is 7.33. The molecule has 1 rings (SSSR count). The van der Waals surface area contributed by atoms with E-state index in [2.05, 4.69) is 19.2 Å². The monoisotopic (exact) mass is 291 g/mol. The van der Waals surface area contributed by atoms with E-state index in [-0.39, 0.29) is 6.04 Å². The highest BCUT2D eigenvalue weighted by Crippen LogP contribution is 2.25. The van der Waals surface area contributed by atoms with Crippen LogP contribution in [0.4, 0.5) is 0 Å². The smallest absolute Gasteiger partial charge is 0.281 e. The van der Waals surface area contributed by atoms with Gasteiger partial charge in [0.05, 0.1) is 0 Å². The van der Waals surface area contributed by atoms with Crippen LogP contribution in [0.25, 0.3) is 0 Å². The van der Waals surface area contributed by atoms with E-state index in [4.69, 9.17) is 0 Å². The summed E-state index contributed by atoms with van der Waals surface area (Å²) in [7, 11) is -1.60. The van der Waals surface area contributed by atoms with E-state index in [1.807, 2.05) is 6.92 Å². The fourth-order valence-electron chi connectivity index (χ4n) is 2.47. The molecule has 1 fully saturated rings. The highest BCUT2D eigenvalue weighted by molar-refractivity contribution is 7.86. The average molecular weight is 291 g/mol. The van der Waals surface area contributed by atoms with Crippen molar-refractivity contribution in [2.45, 2.75) is 46.1 Å². The Kier molecular flexibility index (Phi) is 6.73. The third kappa shape index (κ3) is 4.70. The lowest BCUT2D eigenvalue weighted by molar-refractivity contribution is 0.205. The Labute approximate surface area is 118 Å². The zero-order valence-electron chi connectivity index (χ0n) is 12.7. The molecule has 19 heavy (non-hydrogen) atoms. The van der Waals surface area contributed by atoms with Gasteiger partial charge in [-0.05, 0) is 45.2 Å². The van der Waals surface area contributed by atoms with E-state index in [0.29, 0.717) is 19.0 Å². The second-order valence-corrected chi connectivity index (χ2v) is 7.63. The third-order valence-electron chi connectivity index (χ3n) is 3.83. The van der Waals surface area contributed by atoms with E-state index in [1.165, 1.54) is 4.31 Å². The fraction of sp³-hybridized carbons (Fsp3) is 1.00. The Morgan fingerprint density at radius 3 is 2.63 bits per heavy atom. The largest absolute Gasteiger partial charge is 0.317 e. The molecule has 1 N–H and O–H groups in total. The summed E-state index contributed by atoms with van der Waals surface area (Å²) in [5.41, 5.74) is 0. The number of nitrogens with one attached hydrogen (secondary N) is 1. The van der Waals surface area contributed by atoms with Gasteiger partial charge in [0.2, 0.25) is 0 Å². The van der Waals surface area contributed by atoms with Gasteiger partial charge in [0, 0.05) is 26.2 Å². The van der Waals surface area contributed by atoms with E-state index in [0.717, 1.165) is 32.4 Å². The predicted octanol–water partition coefficient (Wildman–Crippen LogP) is 1.28. The molecule has 5 nitrogen and oxygen atoms in total. The van der Waals surface area contributed by atoms with Crippen molar-refractivity contribution < 1.29 is 8.42 Å². The van der Waals surface area contributed by atoms with Gasteiger partial charge in [0.25, 0.3) is 10.2 Å². The van der Waals surface area contributed by atoms with Crippen LogP contribution in [0.3, 0.4) is 0 Å². The maximum Gasteiger partial charge on any atom is 0.281 e. The van der Waals surface area contributed by atoms with Crippen LogP contribution < -0.4 is 5.32 Å². The summed E-state index contributed by atoms with van der Waals surface area (Å²) in [5.74, 6) is 0.459. The van der Waals surface area contributed by atoms with Crippen LogP contribution in [0.5, 0.6) is 0 Å². The molecule has 0 radical (unpaired) electrons. The molecule has 0 bridgehead atoms. The summed E-state index contributed by atoms with van der Waals surface area (Å²) in [6.45, 7) is 9.21. The number of hydrogen-bond donors (Lipinski definition) is 1. The van der Waals surface area contributed by atoms with Crippen molar-refractivity contribution in [2.75, 3.05) is 33.2 Å². The van der Waals surface area contributed by atoms with Crippen molar-refractivity contribution in [3.63, 3.8) is 0 Å². The molecule has 0 aromatic carbocycles. The van der Waals surface area contributed by atoms with Crippen LogP contribution in [0.1, 0.15) is 40.0 Å². The van der Waals surface area contributed by atoms with Gasteiger partial charge in [-0.1, -0.05) is 13.8 Å². The molecule has 0 aromatic heterocycles. The van der Waals surface area contributed by atoms with Gasteiger partial charge in [0.15, 0.2) is 0 Å². The lowest BCUT2D eigenvalue weighted by atomic mass is 9.97. The van der Waals surface area contributed by atoms with Crippen LogP contribution >= 0.6 is 0 Å². The summed E-state index contributed by atoms with van der Waals surface area (Å²) in [5, 5.41) is 3.22. The van der Waals surface area contributed by atoms with Gasteiger partial charge in [-0.25, -0.2) is 0 Å². The zero-order valence-corrected chi connectivity index (χ0v) is 13.5. The van der Waals surface area contributed by atoms with E-state index in [9.17, 15) is 8.42 Å². The molecule has 114 valence electrons. The Morgan fingerprint density at radius 2 is 2.00 bits per heavy atom. The summed E-state index contributed by atoms with van der Waals surface area (Å²) in [4.78, 5) is 0. The van der Waals surface area contributed by atoms with Gasteiger partial charge >= 0.3 is 0 Å². The van der Waals surface area contributed by atoms with Crippen molar-refractivity contribution in [2.24, 2.45) is 5.92 Å². The Bertz CT molecular complexity index is 359. The molecule has 6 heteroatoms. The molecular formula is C13H29N3O2S. The maximum atomic E-state index is 12.5. The SMILES string of the molecule is CCNCCCN(C)S(=O)(=O)N1CC(C)CCC1C. The van der Waals surface area contributed by atoms with Gasteiger partial charge < -0.3 is 5.32 Å². The van der Waals surface area contributed by atoms with Crippen molar-refractivity contribution in [3.8, 4) is 0 Å². The minimum absolute atomic E-state index is 0.123. The highest BCUT2D eigenvalue weighted by atomic mass is 32.2. The first kappa shape index (κ1) is 16.9. The van der Waals surface area contributed by atoms with Crippen LogP contribution in [0.15, 0.2) is 0 Å². The van der Waals surface area contributed by atoms with Crippen molar-refractivity contribution in [1.29, 1.82) is 0 Å². The molecule has 1 aliphatic rings. The second-order valence-electron chi connectivity index (χ2n) is 5.64. The minimum Gasteiger partial charge on any atom is -0.317 e. The lowest BCUT2D eigenvalue weighted by Crippen LogP contribution is -2.50. The highest BCUT2D eigenvalue weighted by Gasteiger charge is 2.34. The normalized spacial score (nSPS) is 25.9. The molecule has 2 atom stereocenters. The second kappa shape index (κ2) is 7.57. The van der Waals surface area contributed by atoms with Crippen molar-refractivity contribution in [1.82, 2.24) is 13.9 Å². The van der Waals surface area contributed by atoms with Crippen LogP contribution in [-0.2, 0) is 10.2 Å². The van der Waals surface area contributed by atoms with Gasteiger partial charge in [-0.15, -0.1) is 0 Å². The number of rotatable bonds is 7. The molecule has 0 spiro atoms. The minimum atomic E-state index is -3.29. The Balaban J connectivity index is 2.57.